The van der Waals surface area contributed by atoms with E-state index in [2.05, 4.69) is 4.98 Å². The summed E-state index contributed by atoms with van der Waals surface area (Å²) in [4.78, 5) is 16.9. The first kappa shape index (κ1) is 27.5. The molecule has 38 heavy (non-hydrogen) atoms. The van der Waals surface area contributed by atoms with E-state index in [1.165, 1.54) is 29.9 Å². The van der Waals surface area contributed by atoms with E-state index in [-0.39, 0.29) is 31.1 Å². The van der Waals surface area contributed by atoms with Crippen molar-refractivity contribution < 1.29 is 36.2 Å². The van der Waals surface area contributed by atoms with E-state index in [0.717, 1.165) is 26.6 Å². The Morgan fingerprint density at radius 2 is 2.00 bits per heavy atom. The van der Waals surface area contributed by atoms with Crippen molar-refractivity contribution in [3.8, 4) is 5.75 Å². The molecule has 0 saturated carbocycles. The molecule has 0 unspecified atom stereocenters. The summed E-state index contributed by atoms with van der Waals surface area (Å²) in [5, 5.41) is 10.7. The second-order valence-electron chi connectivity index (χ2n) is 8.63. The van der Waals surface area contributed by atoms with Gasteiger partial charge in [-0.3, -0.25) is 0 Å². The summed E-state index contributed by atoms with van der Waals surface area (Å²) in [6, 6.07) is 7.48. The number of likely N-dealkylation sites (N-methyl/N-ethyl adjacent to an activating group) is 1. The van der Waals surface area contributed by atoms with Crippen molar-refractivity contribution in [3.05, 3.63) is 64.2 Å². The number of halogens is 3. The van der Waals surface area contributed by atoms with Gasteiger partial charge in [0.2, 0.25) is 0 Å². The van der Waals surface area contributed by atoms with Crippen molar-refractivity contribution >= 4 is 39.0 Å². The number of sulfonamides is 1. The number of amides is 1. The third-order valence-corrected chi connectivity index (χ3v) is 8.75. The molecule has 4 rings (SSSR count). The molecule has 1 amide bonds. The molecule has 204 valence electrons. The number of alkyl halides is 2. The van der Waals surface area contributed by atoms with Crippen molar-refractivity contribution in [1.82, 2.24) is 9.88 Å². The Balaban J connectivity index is 1.73. The Morgan fingerprint density at radius 1 is 1.29 bits per heavy atom. The van der Waals surface area contributed by atoms with Crippen LogP contribution < -0.4 is 13.9 Å². The highest BCUT2D eigenvalue weighted by Gasteiger charge is 2.35. The Labute approximate surface area is 221 Å². The summed E-state index contributed by atoms with van der Waals surface area (Å²) in [6.45, 7) is 0.0289. The third-order valence-electron chi connectivity index (χ3n) is 6.41. The van der Waals surface area contributed by atoms with Crippen LogP contribution in [0.5, 0.6) is 5.75 Å². The second-order valence-corrected chi connectivity index (χ2v) is 11.2. The molecular weight excluding hydrogens is 545 g/mol. The number of likely N-dealkylation sites (tertiary alicyclic amines) is 1. The number of anilines is 2. The maximum absolute atomic E-state index is 15.5. The van der Waals surface area contributed by atoms with Crippen LogP contribution in [0, 0.1) is 5.82 Å². The third kappa shape index (κ3) is 5.50. The van der Waals surface area contributed by atoms with Gasteiger partial charge < -0.3 is 19.6 Å². The molecule has 1 aliphatic rings. The fourth-order valence-corrected chi connectivity index (χ4v) is 6.39. The summed E-state index contributed by atoms with van der Waals surface area (Å²) >= 11 is 1.13. The van der Waals surface area contributed by atoms with Gasteiger partial charge in [0.15, 0.2) is 5.82 Å². The summed E-state index contributed by atoms with van der Waals surface area (Å²) in [5.41, 5.74) is 1.07. The topological polar surface area (TPSA) is 103 Å². The Hall–Kier alpha value is -3.52. The average molecular weight is 571 g/mol. The number of rotatable bonds is 9. The van der Waals surface area contributed by atoms with E-state index in [1.54, 1.807) is 24.3 Å². The molecule has 1 fully saturated rings. The van der Waals surface area contributed by atoms with Gasteiger partial charge in [0.05, 0.1) is 19.2 Å². The van der Waals surface area contributed by atoms with Gasteiger partial charge in [-0.25, -0.2) is 35.7 Å². The normalized spacial score (nSPS) is 15.6. The van der Waals surface area contributed by atoms with Crippen LogP contribution in [-0.4, -0.2) is 62.8 Å². The van der Waals surface area contributed by atoms with Crippen LogP contribution in [0.15, 0.2) is 52.2 Å². The summed E-state index contributed by atoms with van der Waals surface area (Å²) in [5.74, 6) is -0.637. The highest BCUT2D eigenvalue weighted by Crippen LogP contribution is 2.37. The van der Waals surface area contributed by atoms with Crippen molar-refractivity contribution in [2.75, 3.05) is 36.5 Å². The van der Waals surface area contributed by atoms with Gasteiger partial charge in [0.25, 0.3) is 16.4 Å². The van der Waals surface area contributed by atoms with E-state index < -0.39 is 44.9 Å². The lowest BCUT2D eigenvalue weighted by atomic mass is 10.1. The Kier molecular flexibility index (Phi) is 8.02. The van der Waals surface area contributed by atoms with Crippen molar-refractivity contribution in [1.29, 1.82) is 0 Å². The molecule has 0 radical (unpaired) electrons. The first-order chi connectivity index (χ1) is 18.0. The predicted molar refractivity (Wildman–Crippen MR) is 136 cm³/mol. The van der Waals surface area contributed by atoms with Gasteiger partial charge >= 0.3 is 6.09 Å². The lowest BCUT2D eigenvalue weighted by molar-refractivity contribution is 0.150. The molecule has 0 bridgehead atoms. The number of nitrogens with zero attached hydrogens (tertiary/aromatic N) is 4. The number of ether oxygens (including phenoxy) is 1. The van der Waals surface area contributed by atoms with Crippen LogP contribution in [0.1, 0.15) is 24.0 Å². The molecule has 9 nitrogen and oxygen atoms in total. The molecular formula is C24H25F3N4O5S2. The molecule has 0 aliphatic carbocycles. The quantitative estimate of drug-likeness (QED) is 0.394. The average Bonchev–Trinajstić information content (AvgIpc) is 3.59. The number of carboxylic acid groups (broad SMARTS) is 1. The zero-order valence-corrected chi connectivity index (χ0v) is 22.1. The van der Waals surface area contributed by atoms with Gasteiger partial charge in [-0.1, -0.05) is 12.1 Å². The minimum absolute atomic E-state index is 0.0183. The minimum Gasteiger partial charge on any atom is -0.497 e. The van der Waals surface area contributed by atoms with Crippen LogP contribution in [0.25, 0.3) is 0 Å². The zero-order valence-electron chi connectivity index (χ0n) is 20.4. The fraction of sp³-hybridized carbons (Fsp3) is 0.333. The first-order valence-electron chi connectivity index (χ1n) is 11.4. The smallest absolute Gasteiger partial charge is 0.407 e. The molecule has 0 spiro atoms. The monoisotopic (exact) mass is 570 g/mol. The van der Waals surface area contributed by atoms with E-state index >= 15 is 4.39 Å². The van der Waals surface area contributed by atoms with Crippen LogP contribution in [-0.2, 0) is 16.6 Å². The Bertz CT molecular complexity index is 1390. The van der Waals surface area contributed by atoms with E-state index in [4.69, 9.17) is 4.74 Å². The highest BCUT2D eigenvalue weighted by atomic mass is 32.2. The number of benzene rings is 2. The second kappa shape index (κ2) is 11.1. The van der Waals surface area contributed by atoms with Crippen LogP contribution in [0.4, 0.5) is 29.5 Å². The van der Waals surface area contributed by atoms with Gasteiger partial charge in [0.1, 0.15) is 16.5 Å². The molecule has 2 heterocycles. The van der Waals surface area contributed by atoms with Gasteiger partial charge in [-0.15, -0.1) is 11.3 Å². The van der Waals surface area contributed by atoms with Crippen LogP contribution in [0.3, 0.4) is 0 Å². The number of hydrogen-bond acceptors (Lipinski definition) is 7. The van der Waals surface area contributed by atoms with Crippen molar-refractivity contribution in [3.63, 3.8) is 0 Å². The lowest BCUT2D eigenvalue weighted by Crippen LogP contribution is -2.37. The summed E-state index contributed by atoms with van der Waals surface area (Å²) < 4.78 is 77.2. The number of thiazole rings is 1. The standard InChI is InChI=1S/C24H25F3N4O5S2/c1-29(16-7-8-30(12-16)24(32)33)20-10-19(25)21(9-18(20)23(26)27)38(34,35)31(22-13-37-14-28-22)11-15-3-5-17(36-2)6-4-15/h3-6,9-10,13-14,16,23H,7-8,11-12H2,1-2H3,(H,32,33)/t16-/m0/s1. The molecule has 14 heteroatoms. The van der Waals surface area contributed by atoms with E-state index in [9.17, 15) is 27.1 Å². The molecule has 1 N–H and O–H groups in total. The van der Waals surface area contributed by atoms with E-state index in [0.29, 0.717) is 23.8 Å². The fourth-order valence-electron chi connectivity index (χ4n) is 4.30. The number of aromatic nitrogens is 1. The first-order valence-corrected chi connectivity index (χ1v) is 13.8. The molecule has 1 aromatic heterocycles. The number of hydrogen-bond donors (Lipinski definition) is 1. The van der Waals surface area contributed by atoms with Gasteiger partial charge in [-0.2, -0.15) is 0 Å². The molecule has 3 aromatic rings. The molecule has 1 saturated heterocycles. The maximum Gasteiger partial charge on any atom is 0.407 e. The molecule has 2 aromatic carbocycles. The minimum atomic E-state index is -4.67. The number of carbonyl (C=O) groups is 1. The highest BCUT2D eigenvalue weighted by molar-refractivity contribution is 7.92. The zero-order chi connectivity index (χ0) is 27.6. The van der Waals surface area contributed by atoms with Crippen molar-refractivity contribution in [2.45, 2.75) is 30.3 Å². The molecule has 1 aliphatic heterocycles. The van der Waals surface area contributed by atoms with Crippen LogP contribution in [0.2, 0.25) is 0 Å². The summed E-state index contributed by atoms with van der Waals surface area (Å²) in [7, 11) is -1.73. The number of methoxy groups -OCH3 is 1. The largest absolute Gasteiger partial charge is 0.497 e. The van der Waals surface area contributed by atoms with Gasteiger partial charge in [0, 0.05) is 42.8 Å². The van der Waals surface area contributed by atoms with E-state index in [1.807, 2.05) is 0 Å². The lowest BCUT2D eigenvalue weighted by Gasteiger charge is -2.29. The Morgan fingerprint density at radius 3 is 2.55 bits per heavy atom. The summed E-state index contributed by atoms with van der Waals surface area (Å²) in [6.07, 6.45) is -3.90. The van der Waals surface area contributed by atoms with Crippen LogP contribution >= 0.6 is 11.3 Å². The van der Waals surface area contributed by atoms with Crippen molar-refractivity contribution in [2.24, 2.45) is 0 Å². The molecule has 1 atom stereocenters. The maximum atomic E-state index is 15.5. The predicted octanol–water partition coefficient (Wildman–Crippen LogP) is 4.81. The SMILES string of the molecule is COc1ccc(CN(c2cscn2)S(=O)(=O)c2cc(C(F)F)c(N(C)[C@H]3CCN(C(=O)O)C3)cc2F)cc1. The van der Waals surface area contributed by atoms with Gasteiger partial charge in [-0.05, 0) is 36.2 Å².